The second-order valence-electron chi connectivity index (χ2n) is 5.42. The molecule has 8 nitrogen and oxygen atoms in total. The predicted octanol–water partition coefficient (Wildman–Crippen LogP) is 2.53. The van der Waals surface area contributed by atoms with Gasteiger partial charge >= 0.3 is 5.69 Å². The van der Waals surface area contributed by atoms with Crippen molar-refractivity contribution in [1.82, 2.24) is 0 Å². The zero-order valence-corrected chi connectivity index (χ0v) is 14.5. The van der Waals surface area contributed by atoms with Gasteiger partial charge in [0.25, 0.3) is 5.82 Å². The summed E-state index contributed by atoms with van der Waals surface area (Å²) in [6.45, 7) is 3.55. The predicted molar refractivity (Wildman–Crippen MR) is 90.7 cm³/mol. The van der Waals surface area contributed by atoms with Gasteiger partial charge in [-0.1, -0.05) is 0 Å². The van der Waals surface area contributed by atoms with E-state index >= 15 is 0 Å². The van der Waals surface area contributed by atoms with Crippen LogP contribution in [0.4, 0.5) is 11.5 Å². The zero-order valence-electron chi connectivity index (χ0n) is 14.5. The van der Waals surface area contributed by atoms with E-state index in [0.717, 1.165) is 5.56 Å². The minimum Gasteiger partial charge on any atom is -0.497 e. The summed E-state index contributed by atoms with van der Waals surface area (Å²) < 4.78 is 10.5. The summed E-state index contributed by atoms with van der Waals surface area (Å²) in [5.41, 5.74) is 1.72. The molecule has 8 heteroatoms. The lowest BCUT2D eigenvalue weighted by Gasteiger charge is -2.09. The van der Waals surface area contributed by atoms with Crippen molar-refractivity contribution in [3.63, 3.8) is 0 Å². The Kier molecular flexibility index (Phi) is 5.39. The SMILES string of the molecule is COc1cc(CNc2[nH+]c(C)c([N+](=O)[O-])c(C)c2C#N)cc(OC)c1. The first-order chi connectivity index (χ1) is 11.9. The number of nitro groups is 1. The van der Waals surface area contributed by atoms with Crippen LogP contribution in [0.3, 0.4) is 0 Å². The Morgan fingerprint density at radius 1 is 1.24 bits per heavy atom. The standard InChI is InChI=1S/C17H18N4O4/c1-10-15(8-18)17(20-11(2)16(10)21(22)23)19-9-12-5-13(24-3)7-14(6-12)25-4/h5-7H,9H2,1-4H3,(H,19,20)/p+1. The normalized spacial score (nSPS) is 10.0. The summed E-state index contributed by atoms with van der Waals surface area (Å²) >= 11 is 0. The molecule has 0 radical (unpaired) electrons. The highest BCUT2D eigenvalue weighted by Gasteiger charge is 2.26. The second kappa shape index (κ2) is 7.49. The molecule has 0 bridgehead atoms. The number of methoxy groups -OCH3 is 2. The van der Waals surface area contributed by atoms with E-state index in [2.05, 4.69) is 10.3 Å². The molecule has 0 amide bonds. The van der Waals surface area contributed by atoms with Crippen molar-refractivity contribution >= 4 is 11.5 Å². The summed E-state index contributed by atoms with van der Waals surface area (Å²) in [6, 6.07) is 7.46. The van der Waals surface area contributed by atoms with Crippen molar-refractivity contribution < 1.29 is 19.4 Å². The molecule has 0 unspecified atom stereocenters. The first-order valence-electron chi connectivity index (χ1n) is 7.48. The molecule has 2 rings (SSSR count). The van der Waals surface area contributed by atoms with Crippen LogP contribution in [-0.2, 0) is 6.54 Å². The molecule has 0 aliphatic rings. The summed E-state index contributed by atoms with van der Waals surface area (Å²) in [6.07, 6.45) is 0. The van der Waals surface area contributed by atoms with Crippen LogP contribution in [0, 0.1) is 35.3 Å². The number of benzene rings is 1. The molecule has 0 aliphatic carbocycles. The highest BCUT2D eigenvalue weighted by atomic mass is 16.6. The number of rotatable bonds is 6. The Bertz CT molecular complexity index is 836. The quantitative estimate of drug-likeness (QED) is 0.637. The Labute approximate surface area is 145 Å². The van der Waals surface area contributed by atoms with Crippen molar-refractivity contribution in [3.8, 4) is 17.6 Å². The second-order valence-corrected chi connectivity index (χ2v) is 5.42. The number of ether oxygens (including phenoxy) is 2. The molecule has 1 aromatic heterocycles. The minimum atomic E-state index is -0.487. The van der Waals surface area contributed by atoms with Gasteiger partial charge in [-0.05, 0) is 19.1 Å². The number of anilines is 1. The van der Waals surface area contributed by atoms with Gasteiger partial charge in [-0.3, -0.25) is 15.4 Å². The van der Waals surface area contributed by atoms with Gasteiger partial charge in [0.1, 0.15) is 24.1 Å². The van der Waals surface area contributed by atoms with Gasteiger partial charge in [0.2, 0.25) is 0 Å². The maximum Gasteiger partial charge on any atom is 0.315 e. The molecule has 0 spiro atoms. The van der Waals surface area contributed by atoms with E-state index in [9.17, 15) is 15.4 Å². The minimum absolute atomic E-state index is 0.0786. The number of aromatic amines is 1. The lowest BCUT2D eigenvalue weighted by molar-refractivity contribution is -0.419. The summed E-state index contributed by atoms with van der Waals surface area (Å²) in [7, 11) is 3.13. The van der Waals surface area contributed by atoms with Crippen molar-refractivity contribution in [2.75, 3.05) is 19.5 Å². The number of H-pyrrole nitrogens is 1. The van der Waals surface area contributed by atoms with Crippen LogP contribution in [0.15, 0.2) is 18.2 Å². The lowest BCUT2D eigenvalue weighted by Crippen LogP contribution is -2.21. The third-order valence-corrected chi connectivity index (χ3v) is 3.82. The number of nitriles is 1. The van der Waals surface area contributed by atoms with Crippen molar-refractivity contribution in [1.29, 1.82) is 5.26 Å². The molecule has 1 aromatic carbocycles. The average molecular weight is 343 g/mol. The molecule has 25 heavy (non-hydrogen) atoms. The molecule has 2 N–H and O–H groups in total. The molecular formula is C17H19N4O4+. The summed E-state index contributed by atoms with van der Waals surface area (Å²) in [5.74, 6) is 1.73. The molecule has 0 atom stereocenters. The molecule has 0 saturated carbocycles. The van der Waals surface area contributed by atoms with Crippen LogP contribution in [0.2, 0.25) is 0 Å². The molecular weight excluding hydrogens is 324 g/mol. The van der Waals surface area contributed by atoms with Gasteiger partial charge < -0.3 is 9.47 Å². The van der Waals surface area contributed by atoms with Crippen molar-refractivity contribution in [2.24, 2.45) is 0 Å². The third kappa shape index (κ3) is 3.77. The highest BCUT2D eigenvalue weighted by Crippen LogP contribution is 2.27. The average Bonchev–Trinajstić information content (AvgIpc) is 2.59. The number of nitrogens with zero attached hydrogens (tertiary/aromatic N) is 2. The smallest absolute Gasteiger partial charge is 0.315 e. The Morgan fingerprint density at radius 2 is 1.84 bits per heavy atom. The first-order valence-corrected chi connectivity index (χ1v) is 7.48. The van der Waals surface area contributed by atoms with E-state index in [1.807, 2.05) is 18.2 Å². The van der Waals surface area contributed by atoms with Crippen LogP contribution in [0.1, 0.15) is 22.4 Å². The molecule has 130 valence electrons. The van der Waals surface area contributed by atoms with E-state index in [1.54, 1.807) is 34.1 Å². The fraction of sp³-hybridized carbons (Fsp3) is 0.294. The molecule has 0 saturated heterocycles. The van der Waals surface area contributed by atoms with E-state index < -0.39 is 4.92 Å². The lowest BCUT2D eigenvalue weighted by atomic mass is 10.1. The molecule has 0 fully saturated rings. The van der Waals surface area contributed by atoms with E-state index in [1.165, 1.54) is 0 Å². The van der Waals surface area contributed by atoms with E-state index in [-0.39, 0.29) is 11.3 Å². The maximum atomic E-state index is 11.2. The first kappa shape index (κ1) is 18.0. The summed E-state index contributed by atoms with van der Waals surface area (Å²) in [5, 5.41) is 23.7. The van der Waals surface area contributed by atoms with Gasteiger partial charge in [-0.2, -0.15) is 5.26 Å². The summed E-state index contributed by atoms with van der Waals surface area (Å²) in [4.78, 5) is 13.6. The van der Waals surface area contributed by atoms with Crippen LogP contribution < -0.4 is 19.8 Å². The van der Waals surface area contributed by atoms with Crippen LogP contribution >= 0.6 is 0 Å². The highest BCUT2D eigenvalue weighted by molar-refractivity contribution is 5.60. The van der Waals surface area contributed by atoms with Gasteiger partial charge in [0.15, 0.2) is 11.3 Å². The zero-order chi connectivity index (χ0) is 18.6. The number of hydrogen-bond acceptors (Lipinski definition) is 6. The van der Waals surface area contributed by atoms with E-state index in [0.29, 0.717) is 35.1 Å². The van der Waals surface area contributed by atoms with Gasteiger partial charge in [0, 0.05) is 18.6 Å². The Balaban J connectivity index is 2.36. The van der Waals surface area contributed by atoms with Gasteiger partial charge in [-0.15, -0.1) is 0 Å². The number of aryl methyl sites for hydroxylation is 1. The fourth-order valence-electron chi connectivity index (χ4n) is 2.60. The van der Waals surface area contributed by atoms with Gasteiger partial charge in [-0.25, -0.2) is 4.98 Å². The molecule has 1 heterocycles. The number of hydrogen-bond donors (Lipinski definition) is 1. The monoisotopic (exact) mass is 343 g/mol. The van der Waals surface area contributed by atoms with Crippen LogP contribution in [0.25, 0.3) is 0 Å². The van der Waals surface area contributed by atoms with Crippen LogP contribution in [-0.4, -0.2) is 19.1 Å². The third-order valence-electron chi connectivity index (χ3n) is 3.82. The van der Waals surface area contributed by atoms with Crippen molar-refractivity contribution in [2.45, 2.75) is 20.4 Å². The van der Waals surface area contributed by atoms with Crippen molar-refractivity contribution in [3.05, 3.63) is 50.7 Å². The van der Waals surface area contributed by atoms with Gasteiger partial charge in [0.05, 0.1) is 24.7 Å². The van der Waals surface area contributed by atoms with E-state index in [4.69, 9.17) is 9.47 Å². The van der Waals surface area contributed by atoms with Crippen LogP contribution in [0.5, 0.6) is 11.5 Å². The molecule has 0 aliphatic heterocycles. The number of nitrogens with one attached hydrogen (secondary N) is 2. The largest absolute Gasteiger partial charge is 0.497 e. The number of pyridine rings is 1. The Hall–Kier alpha value is -3.34. The maximum absolute atomic E-state index is 11.2. The number of aromatic nitrogens is 1. The topological polar surface area (TPSA) is 112 Å². The Morgan fingerprint density at radius 3 is 2.32 bits per heavy atom. The molecule has 2 aromatic rings. The fourth-order valence-corrected chi connectivity index (χ4v) is 2.60.